The molecule has 0 saturated carbocycles. The van der Waals surface area contributed by atoms with Crippen LogP contribution in [0.15, 0.2) is 24.3 Å². The first-order valence-corrected chi connectivity index (χ1v) is 7.44. The molecule has 1 atom stereocenters. The molecule has 2 heterocycles. The van der Waals surface area contributed by atoms with Crippen molar-refractivity contribution >= 4 is 5.91 Å². The molecule has 1 aliphatic rings. The van der Waals surface area contributed by atoms with Gasteiger partial charge in [0, 0.05) is 24.3 Å². The third kappa shape index (κ3) is 3.07. The van der Waals surface area contributed by atoms with Gasteiger partial charge in [-0.2, -0.15) is 0 Å². The van der Waals surface area contributed by atoms with Gasteiger partial charge in [-0.25, -0.2) is 13.8 Å². The standard InChI is InChI=1S/C17H16F2N2O3/c1-23-8-10-3-5-12-13(11-4-2-9(18)6-14(11)19)7-15(16(20)22)21-17(12)24-10/h2,4,6-7,10H,3,5,8H2,1H3,(H2,20,22)/t10-/m1/s1. The first kappa shape index (κ1) is 16.3. The Kier molecular flexibility index (Phi) is 4.44. The molecular weight excluding hydrogens is 318 g/mol. The Hall–Kier alpha value is -2.54. The first-order chi connectivity index (χ1) is 11.5. The van der Waals surface area contributed by atoms with Gasteiger partial charge >= 0.3 is 0 Å². The molecular formula is C17H16F2N2O3. The Bertz CT molecular complexity index is 796. The summed E-state index contributed by atoms with van der Waals surface area (Å²) in [5.41, 5.74) is 6.55. The molecule has 2 aromatic rings. The van der Waals surface area contributed by atoms with Gasteiger partial charge in [0.05, 0.1) is 6.61 Å². The van der Waals surface area contributed by atoms with E-state index in [0.29, 0.717) is 30.6 Å². The normalized spacial score (nSPS) is 16.4. The Labute approximate surface area is 137 Å². The van der Waals surface area contributed by atoms with Crippen molar-refractivity contribution in [1.29, 1.82) is 0 Å². The second-order valence-corrected chi connectivity index (χ2v) is 5.56. The van der Waals surface area contributed by atoms with E-state index in [9.17, 15) is 13.6 Å². The van der Waals surface area contributed by atoms with E-state index in [1.165, 1.54) is 12.1 Å². The number of hydrogen-bond donors (Lipinski definition) is 1. The molecule has 1 aliphatic heterocycles. The van der Waals surface area contributed by atoms with Crippen molar-refractivity contribution < 1.29 is 23.0 Å². The lowest BCUT2D eigenvalue weighted by Crippen LogP contribution is -2.29. The first-order valence-electron chi connectivity index (χ1n) is 7.44. The Morgan fingerprint density at radius 1 is 1.38 bits per heavy atom. The van der Waals surface area contributed by atoms with E-state index in [4.69, 9.17) is 15.2 Å². The van der Waals surface area contributed by atoms with Crippen LogP contribution < -0.4 is 10.5 Å². The number of amides is 1. The largest absolute Gasteiger partial charge is 0.472 e. The minimum Gasteiger partial charge on any atom is -0.472 e. The van der Waals surface area contributed by atoms with Crippen LogP contribution in [0.2, 0.25) is 0 Å². The third-order valence-corrected chi connectivity index (χ3v) is 3.91. The molecule has 1 aromatic heterocycles. The number of rotatable bonds is 4. The fourth-order valence-corrected chi connectivity index (χ4v) is 2.79. The van der Waals surface area contributed by atoms with Gasteiger partial charge in [-0.1, -0.05) is 0 Å². The van der Waals surface area contributed by atoms with Gasteiger partial charge in [-0.05, 0) is 36.6 Å². The molecule has 126 valence electrons. The highest BCUT2D eigenvalue weighted by molar-refractivity contribution is 5.93. The van der Waals surface area contributed by atoms with E-state index in [2.05, 4.69) is 4.98 Å². The molecule has 0 bridgehead atoms. The Morgan fingerprint density at radius 3 is 2.83 bits per heavy atom. The van der Waals surface area contributed by atoms with Crippen LogP contribution >= 0.6 is 0 Å². The number of fused-ring (bicyclic) bond motifs is 1. The van der Waals surface area contributed by atoms with Crippen molar-refractivity contribution in [1.82, 2.24) is 4.98 Å². The summed E-state index contributed by atoms with van der Waals surface area (Å²) in [6.45, 7) is 0.377. The fourth-order valence-electron chi connectivity index (χ4n) is 2.79. The van der Waals surface area contributed by atoms with Gasteiger partial charge in [0.15, 0.2) is 0 Å². The van der Waals surface area contributed by atoms with Crippen molar-refractivity contribution in [3.63, 3.8) is 0 Å². The van der Waals surface area contributed by atoms with Crippen molar-refractivity contribution in [2.24, 2.45) is 5.73 Å². The zero-order valence-corrected chi connectivity index (χ0v) is 13.0. The summed E-state index contributed by atoms with van der Waals surface area (Å²) in [5, 5.41) is 0. The number of halogens is 2. The molecule has 7 heteroatoms. The smallest absolute Gasteiger partial charge is 0.267 e. The molecule has 1 aromatic carbocycles. The number of carbonyl (C=O) groups is 1. The van der Waals surface area contributed by atoms with Crippen molar-refractivity contribution in [2.45, 2.75) is 18.9 Å². The number of benzene rings is 1. The number of carbonyl (C=O) groups excluding carboxylic acids is 1. The highest BCUT2D eigenvalue weighted by Crippen LogP contribution is 2.36. The SMILES string of the molecule is COC[C@H]1CCc2c(-c3ccc(F)cc3F)cc(C(N)=O)nc2O1. The van der Waals surface area contributed by atoms with Crippen LogP contribution in [-0.4, -0.2) is 30.7 Å². The Balaban J connectivity index is 2.13. The summed E-state index contributed by atoms with van der Waals surface area (Å²) in [4.78, 5) is 15.7. The van der Waals surface area contributed by atoms with Crippen LogP contribution in [0.25, 0.3) is 11.1 Å². The van der Waals surface area contributed by atoms with Gasteiger partial charge in [-0.15, -0.1) is 0 Å². The van der Waals surface area contributed by atoms with Crippen LogP contribution in [0, 0.1) is 11.6 Å². The topological polar surface area (TPSA) is 74.4 Å². The second-order valence-electron chi connectivity index (χ2n) is 5.56. The number of pyridine rings is 1. The monoisotopic (exact) mass is 334 g/mol. The number of nitrogens with two attached hydrogens (primary N) is 1. The maximum Gasteiger partial charge on any atom is 0.267 e. The minimum atomic E-state index is -0.751. The number of methoxy groups -OCH3 is 1. The lowest BCUT2D eigenvalue weighted by atomic mass is 9.94. The van der Waals surface area contributed by atoms with Gasteiger partial charge in [0.1, 0.15) is 23.4 Å². The molecule has 0 unspecified atom stereocenters. The zero-order chi connectivity index (χ0) is 17.3. The number of hydrogen-bond acceptors (Lipinski definition) is 4. The zero-order valence-electron chi connectivity index (χ0n) is 13.0. The molecule has 3 rings (SSSR count). The molecule has 1 amide bonds. The van der Waals surface area contributed by atoms with Gasteiger partial charge in [0.2, 0.25) is 5.88 Å². The predicted molar refractivity (Wildman–Crippen MR) is 82.7 cm³/mol. The number of primary amides is 1. The van der Waals surface area contributed by atoms with Gasteiger partial charge < -0.3 is 15.2 Å². The molecule has 2 N–H and O–H groups in total. The summed E-state index contributed by atoms with van der Waals surface area (Å²) in [6, 6.07) is 4.69. The average molecular weight is 334 g/mol. The summed E-state index contributed by atoms with van der Waals surface area (Å²) < 4.78 is 38.2. The maximum absolute atomic E-state index is 14.2. The van der Waals surface area contributed by atoms with E-state index in [1.807, 2.05) is 0 Å². The molecule has 0 saturated heterocycles. The quantitative estimate of drug-likeness (QED) is 0.932. The van der Waals surface area contributed by atoms with Gasteiger partial charge in [-0.3, -0.25) is 4.79 Å². The highest BCUT2D eigenvalue weighted by atomic mass is 19.1. The molecule has 0 aliphatic carbocycles. The Morgan fingerprint density at radius 2 is 2.17 bits per heavy atom. The van der Waals surface area contributed by atoms with Crippen LogP contribution in [0.3, 0.4) is 0 Å². The molecule has 5 nitrogen and oxygen atoms in total. The number of aromatic nitrogens is 1. The fraction of sp³-hybridized carbons (Fsp3) is 0.294. The molecule has 0 radical (unpaired) electrons. The van der Waals surface area contributed by atoms with E-state index < -0.39 is 17.5 Å². The number of ether oxygens (including phenoxy) is 2. The van der Waals surface area contributed by atoms with Crippen LogP contribution in [0.5, 0.6) is 5.88 Å². The van der Waals surface area contributed by atoms with Crippen molar-refractivity contribution in [3.8, 4) is 17.0 Å². The van der Waals surface area contributed by atoms with E-state index in [1.54, 1.807) is 7.11 Å². The summed E-state index contributed by atoms with van der Waals surface area (Å²) >= 11 is 0. The molecule has 0 spiro atoms. The van der Waals surface area contributed by atoms with Crippen molar-refractivity contribution in [2.75, 3.05) is 13.7 Å². The van der Waals surface area contributed by atoms with Crippen LogP contribution in [0.1, 0.15) is 22.5 Å². The van der Waals surface area contributed by atoms with E-state index >= 15 is 0 Å². The van der Waals surface area contributed by atoms with E-state index in [0.717, 1.165) is 12.1 Å². The minimum absolute atomic E-state index is 0.0365. The maximum atomic E-state index is 14.2. The summed E-state index contributed by atoms with van der Waals surface area (Å²) in [6.07, 6.45) is 1.03. The van der Waals surface area contributed by atoms with Crippen molar-refractivity contribution in [3.05, 3.63) is 47.2 Å². The second kappa shape index (κ2) is 6.52. The molecule has 0 fully saturated rings. The van der Waals surface area contributed by atoms with Crippen LogP contribution in [0.4, 0.5) is 8.78 Å². The summed E-state index contributed by atoms with van der Waals surface area (Å²) in [7, 11) is 1.56. The average Bonchev–Trinajstić information content (AvgIpc) is 2.54. The number of nitrogens with zero attached hydrogens (tertiary/aromatic N) is 1. The van der Waals surface area contributed by atoms with Gasteiger partial charge in [0.25, 0.3) is 5.91 Å². The lowest BCUT2D eigenvalue weighted by Gasteiger charge is -2.26. The third-order valence-electron chi connectivity index (χ3n) is 3.91. The van der Waals surface area contributed by atoms with Crippen LogP contribution in [-0.2, 0) is 11.2 Å². The highest BCUT2D eigenvalue weighted by Gasteiger charge is 2.26. The predicted octanol–water partition coefficient (Wildman–Crippen LogP) is 2.47. The lowest BCUT2D eigenvalue weighted by molar-refractivity contribution is 0.0639. The molecule has 24 heavy (non-hydrogen) atoms. The summed E-state index contributed by atoms with van der Waals surface area (Å²) in [5.74, 6) is -1.92. The van der Waals surface area contributed by atoms with E-state index in [-0.39, 0.29) is 23.2 Å².